The van der Waals surface area contributed by atoms with Gasteiger partial charge in [0.05, 0.1) is 19.3 Å². The third kappa shape index (κ3) is 5.95. The zero-order valence-corrected chi connectivity index (χ0v) is 17.0. The number of nitrogens with zero attached hydrogens (tertiary/aromatic N) is 3. The molecule has 1 aliphatic rings. The normalized spacial score (nSPS) is 18.4. The Morgan fingerprint density at radius 2 is 2.08 bits per heavy atom. The maximum Gasteiger partial charge on any atom is 0.191 e. The molecule has 0 amide bonds. The molecule has 1 fully saturated rings. The fourth-order valence-electron chi connectivity index (χ4n) is 3.01. The number of morpholine rings is 1. The highest BCUT2D eigenvalue weighted by atomic mass is 32.1. The van der Waals surface area contributed by atoms with Crippen molar-refractivity contribution in [1.82, 2.24) is 20.4 Å². The zero-order valence-electron chi connectivity index (χ0n) is 16.2. The van der Waals surface area contributed by atoms with Gasteiger partial charge >= 0.3 is 0 Å². The van der Waals surface area contributed by atoms with Crippen LogP contribution in [0.1, 0.15) is 24.8 Å². The number of nitrogens with one attached hydrogen (secondary N) is 2. The van der Waals surface area contributed by atoms with Crippen LogP contribution in [0.2, 0.25) is 0 Å². The highest BCUT2D eigenvalue weighted by Crippen LogP contribution is 2.22. The van der Waals surface area contributed by atoms with Gasteiger partial charge in [0, 0.05) is 43.6 Å². The van der Waals surface area contributed by atoms with Gasteiger partial charge < -0.3 is 20.3 Å². The van der Waals surface area contributed by atoms with E-state index in [1.165, 1.54) is 4.88 Å². The first-order valence-corrected chi connectivity index (χ1v) is 9.79. The lowest BCUT2D eigenvalue weighted by Crippen LogP contribution is -2.56. The summed E-state index contributed by atoms with van der Waals surface area (Å²) in [5, 5.41) is 9.09. The van der Waals surface area contributed by atoms with Crippen LogP contribution in [0.15, 0.2) is 22.5 Å². The summed E-state index contributed by atoms with van der Waals surface area (Å²) in [5.74, 6) is 0.852. The van der Waals surface area contributed by atoms with Crippen LogP contribution in [0.25, 0.3) is 0 Å². The second-order valence-corrected chi connectivity index (χ2v) is 8.19. The first-order chi connectivity index (χ1) is 11.9. The Kier molecular flexibility index (Phi) is 7.68. The molecule has 6 nitrogen and oxygen atoms in total. The molecule has 1 saturated heterocycles. The van der Waals surface area contributed by atoms with Crippen LogP contribution in [-0.4, -0.2) is 81.8 Å². The van der Waals surface area contributed by atoms with Crippen LogP contribution in [-0.2, 0) is 4.74 Å². The number of hydrogen-bond donors (Lipinski definition) is 2. The minimum absolute atomic E-state index is 0.0656. The lowest BCUT2D eigenvalue weighted by atomic mass is 10.0. The number of likely N-dealkylation sites (N-methyl/N-ethyl adjacent to an activating group) is 1. The molecule has 0 radical (unpaired) electrons. The highest BCUT2D eigenvalue weighted by molar-refractivity contribution is 7.10. The van der Waals surface area contributed by atoms with Gasteiger partial charge in [-0.15, -0.1) is 11.3 Å². The van der Waals surface area contributed by atoms with E-state index in [1.807, 2.05) is 7.05 Å². The minimum Gasteiger partial charge on any atom is -0.379 e. The molecule has 25 heavy (non-hydrogen) atoms. The zero-order chi connectivity index (χ0) is 18.3. The summed E-state index contributed by atoms with van der Waals surface area (Å²) in [5.41, 5.74) is 0.0656. The van der Waals surface area contributed by atoms with E-state index in [1.54, 1.807) is 11.3 Å². The second-order valence-electron chi connectivity index (χ2n) is 7.21. The van der Waals surface area contributed by atoms with Gasteiger partial charge in [-0.2, -0.15) is 0 Å². The molecule has 2 N–H and O–H groups in total. The molecule has 0 spiro atoms. The predicted molar refractivity (Wildman–Crippen MR) is 107 cm³/mol. The van der Waals surface area contributed by atoms with E-state index >= 15 is 0 Å². The third-order valence-corrected chi connectivity index (χ3v) is 5.71. The first kappa shape index (κ1) is 20.2. The smallest absolute Gasteiger partial charge is 0.191 e. The quantitative estimate of drug-likeness (QED) is 0.567. The van der Waals surface area contributed by atoms with Crippen molar-refractivity contribution < 1.29 is 4.74 Å². The van der Waals surface area contributed by atoms with Gasteiger partial charge in [-0.1, -0.05) is 6.07 Å². The van der Waals surface area contributed by atoms with E-state index in [4.69, 9.17) is 4.74 Å². The molecule has 0 bridgehead atoms. The van der Waals surface area contributed by atoms with Gasteiger partial charge in [0.15, 0.2) is 5.96 Å². The van der Waals surface area contributed by atoms with Crippen molar-refractivity contribution in [3.63, 3.8) is 0 Å². The molecule has 0 aromatic carbocycles. The Morgan fingerprint density at radius 3 is 2.64 bits per heavy atom. The summed E-state index contributed by atoms with van der Waals surface area (Å²) < 4.78 is 5.46. The monoisotopic (exact) mass is 367 g/mol. The van der Waals surface area contributed by atoms with Gasteiger partial charge in [0.25, 0.3) is 0 Å². The maximum absolute atomic E-state index is 5.46. The summed E-state index contributed by atoms with van der Waals surface area (Å²) >= 11 is 1.79. The van der Waals surface area contributed by atoms with Crippen LogP contribution >= 0.6 is 11.3 Å². The van der Waals surface area contributed by atoms with Gasteiger partial charge in [-0.05, 0) is 39.4 Å². The largest absolute Gasteiger partial charge is 0.379 e. The summed E-state index contributed by atoms with van der Waals surface area (Å²) in [4.78, 5) is 10.5. The van der Waals surface area contributed by atoms with Crippen molar-refractivity contribution in [2.24, 2.45) is 4.99 Å². The molecule has 142 valence electrons. The standard InChI is InChI=1S/C18H33N5OS/c1-18(2,23-8-10-24-11-9-23)14-21-17(19-3)20-13-15(22(4)5)16-7-6-12-25-16/h6-7,12,15H,8-11,13-14H2,1-5H3,(H2,19,20,21). The summed E-state index contributed by atoms with van der Waals surface area (Å²) in [6, 6.07) is 4.63. The highest BCUT2D eigenvalue weighted by Gasteiger charge is 2.28. The summed E-state index contributed by atoms with van der Waals surface area (Å²) in [6.07, 6.45) is 0. The Labute approximate surface area is 156 Å². The van der Waals surface area contributed by atoms with E-state index in [-0.39, 0.29) is 5.54 Å². The molecular weight excluding hydrogens is 334 g/mol. The summed E-state index contributed by atoms with van der Waals surface area (Å²) in [6.45, 7) is 9.83. The van der Waals surface area contributed by atoms with Crippen molar-refractivity contribution >= 4 is 17.3 Å². The van der Waals surface area contributed by atoms with Crippen molar-refractivity contribution in [2.45, 2.75) is 25.4 Å². The van der Waals surface area contributed by atoms with Crippen LogP contribution < -0.4 is 10.6 Å². The Bertz CT molecular complexity index is 524. The molecule has 2 heterocycles. The van der Waals surface area contributed by atoms with Crippen LogP contribution in [0.3, 0.4) is 0 Å². The lowest BCUT2D eigenvalue weighted by Gasteiger charge is -2.41. The SMILES string of the molecule is CN=C(NCC(c1cccs1)N(C)C)NCC(C)(C)N1CCOCC1. The van der Waals surface area contributed by atoms with Crippen LogP contribution in [0.4, 0.5) is 0 Å². The van der Waals surface area contributed by atoms with Crippen molar-refractivity contribution in [3.8, 4) is 0 Å². The molecule has 1 unspecified atom stereocenters. The molecule has 2 rings (SSSR count). The van der Waals surface area contributed by atoms with E-state index in [0.29, 0.717) is 6.04 Å². The van der Waals surface area contributed by atoms with E-state index in [9.17, 15) is 0 Å². The van der Waals surface area contributed by atoms with Gasteiger partial charge in [0.2, 0.25) is 0 Å². The van der Waals surface area contributed by atoms with Gasteiger partial charge in [0.1, 0.15) is 0 Å². The molecule has 1 aliphatic heterocycles. The number of guanidine groups is 1. The topological polar surface area (TPSA) is 52.1 Å². The fourth-order valence-corrected chi connectivity index (χ4v) is 3.94. The molecule has 1 aromatic rings. The predicted octanol–water partition coefficient (Wildman–Crippen LogP) is 1.63. The lowest BCUT2D eigenvalue weighted by molar-refractivity contribution is -0.00834. The van der Waals surface area contributed by atoms with Gasteiger partial charge in [-0.25, -0.2) is 0 Å². The minimum atomic E-state index is 0.0656. The number of hydrogen-bond acceptors (Lipinski definition) is 5. The number of ether oxygens (including phenoxy) is 1. The van der Waals surface area contributed by atoms with E-state index < -0.39 is 0 Å². The Hall–Kier alpha value is -1.15. The maximum atomic E-state index is 5.46. The fraction of sp³-hybridized carbons (Fsp3) is 0.722. The average Bonchev–Trinajstić information content (AvgIpc) is 3.12. The van der Waals surface area contributed by atoms with E-state index in [0.717, 1.165) is 45.4 Å². The molecule has 0 saturated carbocycles. The Balaban J connectivity index is 1.85. The Morgan fingerprint density at radius 1 is 1.36 bits per heavy atom. The van der Waals surface area contributed by atoms with Gasteiger partial charge in [-0.3, -0.25) is 9.89 Å². The molecule has 0 aliphatic carbocycles. The number of thiophene rings is 1. The van der Waals surface area contributed by atoms with Crippen molar-refractivity contribution in [3.05, 3.63) is 22.4 Å². The first-order valence-electron chi connectivity index (χ1n) is 8.91. The van der Waals surface area contributed by atoms with Crippen LogP contribution in [0, 0.1) is 0 Å². The van der Waals surface area contributed by atoms with Crippen LogP contribution in [0.5, 0.6) is 0 Å². The average molecular weight is 368 g/mol. The number of aliphatic imine (C=N–C) groups is 1. The van der Waals surface area contributed by atoms with E-state index in [2.05, 4.69) is 70.9 Å². The third-order valence-electron chi connectivity index (χ3n) is 4.74. The summed E-state index contributed by atoms with van der Waals surface area (Å²) in [7, 11) is 6.06. The molecule has 1 atom stereocenters. The van der Waals surface area contributed by atoms with Crippen molar-refractivity contribution in [2.75, 3.05) is 60.5 Å². The second kappa shape index (κ2) is 9.52. The number of rotatable bonds is 7. The molecule has 1 aromatic heterocycles. The van der Waals surface area contributed by atoms with Crippen molar-refractivity contribution in [1.29, 1.82) is 0 Å². The molecular formula is C18H33N5OS. The molecule has 7 heteroatoms.